The Morgan fingerprint density at radius 3 is 2.65 bits per heavy atom. The van der Waals surface area contributed by atoms with E-state index >= 15 is 0 Å². The molecule has 1 aromatic carbocycles. The maximum atomic E-state index is 13.8. The minimum absolute atomic E-state index is 0.0973. The maximum absolute atomic E-state index is 13.8. The number of carbonyl (C=O) groups is 2. The molecule has 4 heterocycles. The van der Waals surface area contributed by atoms with Gasteiger partial charge in [-0.25, -0.2) is 4.98 Å². The molecule has 0 unspecified atom stereocenters. The number of rotatable bonds is 6. The second-order valence-electron chi connectivity index (χ2n) is 9.47. The Hall–Kier alpha value is -4.11. The number of aliphatic hydroxyl groups excluding tert-OH is 1. The highest BCUT2D eigenvalue weighted by Crippen LogP contribution is 2.49. The maximum Gasteiger partial charge on any atom is 0.275 e. The fourth-order valence-corrected chi connectivity index (χ4v) is 5.70. The van der Waals surface area contributed by atoms with Crippen LogP contribution in [0.3, 0.4) is 0 Å². The van der Waals surface area contributed by atoms with E-state index < -0.39 is 23.9 Å². The van der Waals surface area contributed by atoms with Crippen molar-refractivity contribution in [1.29, 1.82) is 0 Å². The Morgan fingerprint density at radius 1 is 1.19 bits per heavy atom. The Morgan fingerprint density at radius 2 is 1.97 bits per heavy atom. The van der Waals surface area contributed by atoms with Gasteiger partial charge in [0.25, 0.3) is 11.5 Å². The van der Waals surface area contributed by atoms with E-state index in [-0.39, 0.29) is 35.7 Å². The summed E-state index contributed by atoms with van der Waals surface area (Å²) < 4.78 is 1.66. The summed E-state index contributed by atoms with van der Waals surface area (Å²) in [6.07, 6.45) is 7.81. The molecule has 3 aromatic rings. The Balaban J connectivity index is 1.57. The van der Waals surface area contributed by atoms with Crippen molar-refractivity contribution in [2.24, 2.45) is 11.8 Å². The lowest BCUT2D eigenvalue weighted by atomic mass is 9.88. The topological polar surface area (TPSA) is 117 Å². The van der Waals surface area contributed by atoms with Crippen LogP contribution in [0.2, 0.25) is 0 Å². The number of pyridine rings is 1. The summed E-state index contributed by atoms with van der Waals surface area (Å²) in [5.74, 6) is -1.72. The number of hydrogen-bond donors (Lipinski definition) is 2. The van der Waals surface area contributed by atoms with E-state index in [2.05, 4.69) is 15.3 Å². The Bertz CT molecular complexity index is 1390. The number of likely N-dealkylation sites (tertiary alicyclic amines) is 1. The average Bonchev–Trinajstić information content (AvgIpc) is 3.46. The molecule has 2 aliphatic heterocycles. The zero-order chi connectivity index (χ0) is 26.1. The normalized spacial score (nSPS) is 23.1. The van der Waals surface area contributed by atoms with Crippen molar-refractivity contribution in [3.63, 3.8) is 0 Å². The van der Waals surface area contributed by atoms with Gasteiger partial charge in [-0.3, -0.25) is 19.4 Å². The molecular weight excluding hydrogens is 470 g/mol. The van der Waals surface area contributed by atoms with E-state index in [1.807, 2.05) is 50.2 Å². The molecule has 0 radical (unpaired) electrons. The monoisotopic (exact) mass is 499 g/mol. The molecule has 2 N–H and O–H groups in total. The lowest BCUT2D eigenvalue weighted by molar-refractivity contribution is -0.127. The van der Waals surface area contributed by atoms with Gasteiger partial charge in [0, 0.05) is 48.6 Å². The lowest BCUT2D eigenvalue weighted by Gasteiger charge is -2.31. The van der Waals surface area contributed by atoms with Crippen molar-refractivity contribution in [3.05, 3.63) is 100.0 Å². The zero-order valence-electron chi connectivity index (χ0n) is 20.7. The third kappa shape index (κ3) is 4.25. The first kappa shape index (κ1) is 24.6. The van der Waals surface area contributed by atoms with Crippen LogP contribution in [0.25, 0.3) is 6.08 Å². The van der Waals surface area contributed by atoms with Gasteiger partial charge in [0.2, 0.25) is 5.91 Å². The number of amides is 2. The average molecular weight is 500 g/mol. The first-order chi connectivity index (χ1) is 18.0. The van der Waals surface area contributed by atoms with Crippen LogP contribution in [0.1, 0.15) is 53.2 Å². The smallest absolute Gasteiger partial charge is 0.275 e. The highest BCUT2D eigenvalue weighted by Gasteiger charge is 2.57. The summed E-state index contributed by atoms with van der Waals surface area (Å²) in [4.78, 5) is 50.5. The molecule has 1 saturated heterocycles. The van der Waals surface area contributed by atoms with Crippen LogP contribution in [0.5, 0.6) is 0 Å². The van der Waals surface area contributed by atoms with Gasteiger partial charge in [0.05, 0.1) is 18.3 Å². The van der Waals surface area contributed by atoms with Crippen molar-refractivity contribution < 1.29 is 14.7 Å². The second-order valence-corrected chi connectivity index (χ2v) is 9.47. The summed E-state index contributed by atoms with van der Waals surface area (Å²) in [6, 6.07) is 11.3. The molecule has 37 heavy (non-hydrogen) atoms. The third-order valence-corrected chi connectivity index (χ3v) is 7.40. The molecule has 1 fully saturated rings. The molecule has 9 nitrogen and oxygen atoms in total. The molecule has 2 aliphatic rings. The molecule has 5 rings (SSSR count). The number of benzene rings is 1. The van der Waals surface area contributed by atoms with Crippen LogP contribution in [0, 0.1) is 11.8 Å². The number of carbonyl (C=O) groups excluding carboxylic acids is 2. The summed E-state index contributed by atoms with van der Waals surface area (Å²) in [5.41, 5.74) is 2.05. The molecule has 2 amide bonds. The summed E-state index contributed by atoms with van der Waals surface area (Å²) in [7, 11) is 0. The van der Waals surface area contributed by atoms with Gasteiger partial charge in [-0.1, -0.05) is 42.5 Å². The number of aliphatic hydroxyl groups is 1. The van der Waals surface area contributed by atoms with Gasteiger partial charge in [-0.15, -0.1) is 0 Å². The standard InChI is InChI=1S/C28H29N5O4/c1-3-7-19-10-11-23-24-20(15-32(23)27(19)36)21(16-34)25(33(24)28(37)22-14-29-12-13-30-22)26(35)31-17(2)18-8-5-4-6-9-18/h3-14,17,20-21,24-25,34H,15-16H2,1-2H3,(H,31,35)/b7-3+/t17-,20-,21-,24+,25-/m0/s1. The molecule has 0 saturated carbocycles. The highest BCUT2D eigenvalue weighted by atomic mass is 16.3. The molecular formula is C28H29N5O4. The van der Waals surface area contributed by atoms with Crippen molar-refractivity contribution >= 4 is 17.9 Å². The van der Waals surface area contributed by atoms with Crippen molar-refractivity contribution in [3.8, 4) is 0 Å². The molecule has 2 aromatic heterocycles. The third-order valence-electron chi connectivity index (χ3n) is 7.40. The fraction of sp³-hybridized carbons (Fsp3) is 0.321. The van der Waals surface area contributed by atoms with E-state index in [0.29, 0.717) is 17.8 Å². The van der Waals surface area contributed by atoms with Gasteiger partial charge in [-0.05, 0) is 31.5 Å². The lowest BCUT2D eigenvalue weighted by Crippen LogP contribution is -2.51. The van der Waals surface area contributed by atoms with Crippen molar-refractivity contribution in [2.75, 3.05) is 6.61 Å². The Kier molecular flexibility index (Phi) is 6.71. The number of hydrogen-bond acceptors (Lipinski definition) is 6. The Labute approximate surface area is 214 Å². The van der Waals surface area contributed by atoms with Crippen LogP contribution in [-0.4, -0.2) is 49.0 Å². The van der Waals surface area contributed by atoms with Crippen molar-refractivity contribution in [1.82, 2.24) is 24.8 Å². The molecule has 0 bridgehead atoms. The van der Waals surface area contributed by atoms with Crippen LogP contribution >= 0.6 is 0 Å². The molecule has 5 atom stereocenters. The van der Waals surface area contributed by atoms with Gasteiger partial charge < -0.3 is 19.9 Å². The van der Waals surface area contributed by atoms with Gasteiger partial charge in [0.1, 0.15) is 11.7 Å². The SMILES string of the molecule is C/C=C/c1ccc2n(c1=O)C[C@H]1[C@H](CO)[C@@H](C(=O)N[C@@H](C)c3ccccc3)N(C(=O)c3cnccn3)[C@@H]21. The number of nitrogens with zero attached hydrogens (tertiary/aromatic N) is 4. The first-order valence-corrected chi connectivity index (χ1v) is 12.4. The minimum Gasteiger partial charge on any atom is -0.396 e. The predicted molar refractivity (Wildman–Crippen MR) is 137 cm³/mol. The van der Waals surface area contributed by atoms with Crippen LogP contribution in [0.4, 0.5) is 0 Å². The zero-order valence-corrected chi connectivity index (χ0v) is 20.7. The highest BCUT2D eigenvalue weighted by molar-refractivity contribution is 5.97. The largest absolute Gasteiger partial charge is 0.396 e. The molecule has 0 spiro atoms. The van der Waals surface area contributed by atoms with Crippen molar-refractivity contribution in [2.45, 2.75) is 38.5 Å². The second kappa shape index (κ2) is 10.1. The molecule has 190 valence electrons. The van der Waals surface area contributed by atoms with E-state index in [1.54, 1.807) is 22.8 Å². The van der Waals surface area contributed by atoms with E-state index in [1.165, 1.54) is 23.5 Å². The number of fused-ring (bicyclic) bond motifs is 3. The number of aromatic nitrogens is 3. The minimum atomic E-state index is -0.945. The van der Waals surface area contributed by atoms with Crippen LogP contribution in [-0.2, 0) is 11.3 Å². The van der Waals surface area contributed by atoms with Gasteiger partial charge in [-0.2, -0.15) is 0 Å². The fourth-order valence-electron chi connectivity index (χ4n) is 5.70. The number of nitrogens with one attached hydrogen (secondary N) is 1. The van der Waals surface area contributed by atoms with Gasteiger partial charge >= 0.3 is 0 Å². The number of allylic oxidation sites excluding steroid dienone is 1. The quantitative estimate of drug-likeness (QED) is 0.538. The van der Waals surface area contributed by atoms with Gasteiger partial charge in [0.15, 0.2) is 0 Å². The summed E-state index contributed by atoms with van der Waals surface area (Å²) in [6.45, 7) is 3.71. The van der Waals surface area contributed by atoms with E-state index in [0.717, 1.165) is 5.56 Å². The predicted octanol–water partition coefficient (Wildman–Crippen LogP) is 2.35. The first-order valence-electron chi connectivity index (χ1n) is 12.4. The molecule has 0 aliphatic carbocycles. The van der Waals surface area contributed by atoms with E-state index in [9.17, 15) is 19.5 Å². The van der Waals surface area contributed by atoms with Crippen LogP contribution in [0.15, 0.2) is 71.9 Å². The summed E-state index contributed by atoms with van der Waals surface area (Å²) in [5, 5.41) is 13.5. The van der Waals surface area contributed by atoms with E-state index in [4.69, 9.17) is 0 Å². The van der Waals surface area contributed by atoms with Crippen LogP contribution < -0.4 is 10.9 Å². The molecule has 9 heteroatoms. The summed E-state index contributed by atoms with van der Waals surface area (Å²) >= 11 is 0.